The summed E-state index contributed by atoms with van der Waals surface area (Å²) in [6, 6.07) is 4.67. The third-order valence-electron chi connectivity index (χ3n) is 3.53. The van der Waals surface area contributed by atoms with Gasteiger partial charge in [0.1, 0.15) is 0 Å². The molecule has 2 aromatic carbocycles. The lowest BCUT2D eigenvalue weighted by Crippen LogP contribution is -2.19. The number of benzene rings is 2. The number of nitrogens with zero attached hydrogens (tertiary/aromatic N) is 4. The number of nitro benzene ring substituents is 3. The molecule has 0 aliphatic carbocycles. The van der Waals surface area contributed by atoms with E-state index in [1.165, 1.54) is 4.90 Å². The first kappa shape index (κ1) is 21.2. The van der Waals surface area contributed by atoms with Gasteiger partial charge in [0.15, 0.2) is 5.69 Å². The first-order chi connectivity index (χ1) is 12.6. The maximum absolute atomic E-state index is 11.5. The molecule has 27 heavy (non-hydrogen) atoms. The van der Waals surface area contributed by atoms with Crippen LogP contribution in [0.2, 0.25) is 0 Å². The van der Waals surface area contributed by atoms with Crippen LogP contribution in [0.1, 0.15) is 6.92 Å². The molecule has 0 fully saturated rings. The first-order valence-corrected chi connectivity index (χ1v) is 9.49. The minimum absolute atomic E-state index is 0.139. The Bertz CT molecular complexity index is 910. The predicted molar refractivity (Wildman–Crippen MR) is 109 cm³/mol. The predicted octanol–water partition coefficient (Wildman–Crippen LogP) is 5.86. The van der Waals surface area contributed by atoms with Gasteiger partial charge in [0.2, 0.25) is 0 Å². The fourth-order valence-electron chi connectivity index (χ4n) is 2.42. The number of non-ortho nitro benzene ring substituents is 1. The Hall–Kier alpha value is -2.12. The molecule has 0 spiro atoms. The highest BCUT2D eigenvalue weighted by Gasteiger charge is 2.34. The van der Waals surface area contributed by atoms with Crippen molar-refractivity contribution in [2.75, 3.05) is 11.4 Å². The maximum Gasteiger partial charge on any atom is 0.306 e. The van der Waals surface area contributed by atoms with E-state index in [9.17, 15) is 30.3 Å². The molecule has 2 rings (SSSR count). The van der Waals surface area contributed by atoms with E-state index < -0.39 is 31.8 Å². The Morgan fingerprint density at radius 1 is 0.852 bits per heavy atom. The maximum atomic E-state index is 11.5. The number of nitro groups is 3. The van der Waals surface area contributed by atoms with Gasteiger partial charge in [0.05, 0.1) is 26.9 Å². The Kier molecular flexibility index (Phi) is 6.49. The van der Waals surface area contributed by atoms with E-state index in [1.807, 2.05) is 0 Å². The average molecular weight is 569 g/mol. The molecule has 0 aromatic heterocycles. The molecule has 0 radical (unpaired) electrons. The smallest absolute Gasteiger partial charge is 0.306 e. The van der Waals surface area contributed by atoms with Gasteiger partial charge in [-0.3, -0.25) is 30.3 Å². The van der Waals surface area contributed by atoms with Crippen LogP contribution in [0.3, 0.4) is 0 Å². The van der Waals surface area contributed by atoms with Gasteiger partial charge in [-0.25, -0.2) is 0 Å². The van der Waals surface area contributed by atoms with Crippen molar-refractivity contribution in [1.29, 1.82) is 0 Å². The van der Waals surface area contributed by atoms with Gasteiger partial charge < -0.3 is 4.90 Å². The highest BCUT2D eigenvalue weighted by atomic mass is 79.9. The van der Waals surface area contributed by atoms with E-state index in [-0.39, 0.29) is 12.2 Å². The van der Waals surface area contributed by atoms with E-state index >= 15 is 0 Å². The summed E-state index contributed by atoms with van der Waals surface area (Å²) in [6.45, 7) is 1.79. The average Bonchev–Trinajstić information content (AvgIpc) is 2.59. The Labute approximate surface area is 177 Å². The van der Waals surface area contributed by atoms with Gasteiger partial charge in [0, 0.05) is 25.7 Å². The van der Waals surface area contributed by atoms with Gasteiger partial charge in [0.25, 0.3) is 5.69 Å². The lowest BCUT2D eigenvalue weighted by Gasteiger charge is -2.23. The van der Waals surface area contributed by atoms with Crippen molar-refractivity contribution in [2.45, 2.75) is 6.92 Å². The van der Waals surface area contributed by atoms with Crippen molar-refractivity contribution >= 4 is 76.2 Å². The molecule has 0 aliphatic rings. The molecule has 0 N–H and O–H groups in total. The van der Waals surface area contributed by atoms with Crippen LogP contribution in [0, 0.1) is 30.3 Å². The van der Waals surface area contributed by atoms with Gasteiger partial charge in [-0.15, -0.1) is 0 Å². The molecule has 0 bridgehead atoms. The lowest BCUT2D eigenvalue weighted by atomic mass is 10.1. The summed E-state index contributed by atoms with van der Waals surface area (Å²) in [5.41, 5.74) is -2.11. The van der Waals surface area contributed by atoms with E-state index in [0.717, 1.165) is 0 Å². The number of hydrogen-bond donors (Lipinski definition) is 0. The fraction of sp³-hybridized carbons (Fsp3) is 0.143. The van der Waals surface area contributed by atoms with Crippen molar-refractivity contribution < 1.29 is 14.8 Å². The van der Waals surface area contributed by atoms with Crippen LogP contribution in [0.15, 0.2) is 37.7 Å². The zero-order chi connectivity index (χ0) is 20.5. The molecule has 2 aromatic rings. The van der Waals surface area contributed by atoms with Gasteiger partial charge in [-0.1, -0.05) is 0 Å². The van der Waals surface area contributed by atoms with Crippen molar-refractivity contribution in [3.63, 3.8) is 0 Å². The highest BCUT2D eigenvalue weighted by molar-refractivity contribution is 9.14. The van der Waals surface area contributed by atoms with Crippen LogP contribution in [0.4, 0.5) is 28.4 Å². The molecule has 0 saturated carbocycles. The number of anilines is 2. The second-order valence-corrected chi connectivity index (χ2v) is 7.57. The highest BCUT2D eigenvalue weighted by Crippen LogP contribution is 2.45. The molecule has 0 unspecified atom stereocenters. The molecule has 13 heteroatoms. The van der Waals surface area contributed by atoms with Crippen molar-refractivity contribution in [1.82, 2.24) is 0 Å². The van der Waals surface area contributed by atoms with Crippen LogP contribution >= 0.6 is 47.8 Å². The van der Waals surface area contributed by atoms with Crippen molar-refractivity contribution in [3.8, 4) is 0 Å². The molecular formula is C14H9Br3N4O6. The number of hydrogen-bond acceptors (Lipinski definition) is 7. The van der Waals surface area contributed by atoms with Crippen LogP contribution < -0.4 is 4.90 Å². The number of rotatable bonds is 6. The Morgan fingerprint density at radius 2 is 1.30 bits per heavy atom. The number of halogens is 3. The normalized spacial score (nSPS) is 10.5. The van der Waals surface area contributed by atoms with Gasteiger partial charge in [-0.2, -0.15) is 0 Å². The summed E-state index contributed by atoms with van der Waals surface area (Å²) in [6.07, 6.45) is 0. The molecule has 0 atom stereocenters. The zero-order valence-corrected chi connectivity index (χ0v) is 18.1. The summed E-state index contributed by atoms with van der Waals surface area (Å²) in [5.74, 6) is 0. The minimum Gasteiger partial charge on any atom is -0.330 e. The van der Waals surface area contributed by atoms with Crippen LogP contribution in [-0.2, 0) is 0 Å². The lowest BCUT2D eigenvalue weighted by molar-refractivity contribution is -0.402. The van der Waals surface area contributed by atoms with E-state index in [2.05, 4.69) is 47.8 Å². The van der Waals surface area contributed by atoms with Crippen molar-refractivity contribution in [2.24, 2.45) is 0 Å². The van der Waals surface area contributed by atoms with Crippen LogP contribution in [0.25, 0.3) is 0 Å². The van der Waals surface area contributed by atoms with Crippen molar-refractivity contribution in [3.05, 3.63) is 68.0 Å². The summed E-state index contributed by atoms with van der Waals surface area (Å²) >= 11 is 10.0. The Morgan fingerprint density at radius 3 is 1.63 bits per heavy atom. The minimum atomic E-state index is -0.910. The zero-order valence-electron chi connectivity index (χ0n) is 13.4. The third kappa shape index (κ3) is 4.25. The summed E-state index contributed by atoms with van der Waals surface area (Å²) in [7, 11) is 0. The van der Waals surface area contributed by atoms with E-state index in [4.69, 9.17) is 0 Å². The molecule has 0 saturated heterocycles. The Balaban J connectivity index is 2.86. The van der Waals surface area contributed by atoms with Gasteiger partial charge in [-0.05, 0) is 66.8 Å². The van der Waals surface area contributed by atoms with E-state index in [1.54, 1.807) is 19.1 Å². The molecule has 0 heterocycles. The SMILES string of the molecule is CCN(c1cc(Br)c(Br)c(Br)c1)c1c([N+](=O)[O-])cc([N+](=O)[O-])cc1[N+](=O)[O-]. The molecule has 0 amide bonds. The molecule has 0 aliphatic heterocycles. The van der Waals surface area contributed by atoms with E-state index in [0.29, 0.717) is 31.2 Å². The van der Waals surface area contributed by atoms with Crippen LogP contribution in [-0.4, -0.2) is 21.3 Å². The largest absolute Gasteiger partial charge is 0.330 e. The summed E-state index contributed by atoms with van der Waals surface area (Å²) in [5, 5.41) is 34.1. The van der Waals surface area contributed by atoms with Gasteiger partial charge >= 0.3 is 11.4 Å². The molecule has 142 valence electrons. The molecular weight excluding hydrogens is 560 g/mol. The fourth-order valence-corrected chi connectivity index (χ4v) is 3.81. The first-order valence-electron chi connectivity index (χ1n) is 7.11. The third-order valence-corrected chi connectivity index (χ3v) is 6.69. The topological polar surface area (TPSA) is 133 Å². The second kappa shape index (κ2) is 8.27. The standard InChI is InChI=1S/C14H9Br3N4O6/c1-2-18(7-3-9(15)13(17)10(16)4-7)14-11(20(24)25)5-8(19(22)23)6-12(14)21(26)27/h3-6H,2H2,1H3. The quantitative estimate of drug-likeness (QED) is 0.242. The monoisotopic (exact) mass is 566 g/mol. The second-order valence-electron chi connectivity index (χ2n) is 5.07. The summed E-state index contributed by atoms with van der Waals surface area (Å²) in [4.78, 5) is 32.8. The summed E-state index contributed by atoms with van der Waals surface area (Å²) < 4.78 is 1.91. The van der Waals surface area contributed by atoms with Crippen LogP contribution in [0.5, 0.6) is 0 Å². The molecule has 10 nitrogen and oxygen atoms in total.